The molecule has 1 fully saturated rings. The SMILES string of the molecule is COc1ccc(-c2nc(C(=O)N3CCC[C@@H](C)[C@@H]3CN)cs2)cc1. The Balaban J connectivity index is 1.80. The summed E-state index contributed by atoms with van der Waals surface area (Å²) in [5.74, 6) is 1.24. The topological polar surface area (TPSA) is 68.5 Å². The van der Waals surface area contributed by atoms with Crippen LogP contribution < -0.4 is 10.5 Å². The van der Waals surface area contributed by atoms with E-state index in [-0.39, 0.29) is 11.9 Å². The van der Waals surface area contributed by atoms with E-state index in [1.54, 1.807) is 7.11 Å². The van der Waals surface area contributed by atoms with Crippen molar-refractivity contribution in [2.75, 3.05) is 20.2 Å². The molecule has 128 valence electrons. The Hall–Kier alpha value is -1.92. The molecule has 0 spiro atoms. The highest BCUT2D eigenvalue weighted by Gasteiger charge is 2.32. The second kappa shape index (κ2) is 7.32. The number of thiazole rings is 1. The van der Waals surface area contributed by atoms with Gasteiger partial charge in [-0.05, 0) is 43.0 Å². The van der Waals surface area contributed by atoms with E-state index in [0.29, 0.717) is 18.2 Å². The fraction of sp³-hybridized carbons (Fsp3) is 0.444. The van der Waals surface area contributed by atoms with Gasteiger partial charge in [-0.1, -0.05) is 6.92 Å². The Bertz CT molecular complexity index is 699. The average Bonchev–Trinajstić information content (AvgIpc) is 3.11. The molecule has 1 aromatic carbocycles. The maximum absolute atomic E-state index is 12.9. The Kier molecular flexibility index (Phi) is 5.16. The van der Waals surface area contributed by atoms with E-state index < -0.39 is 0 Å². The second-order valence-corrected chi connectivity index (χ2v) is 7.05. The first-order valence-corrected chi connectivity index (χ1v) is 9.13. The molecule has 1 amide bonds. The third-order valence-corrected chi connectivity index (χ3v) is 5.57. The molecule has 0 saturated carbocycles. The van der Waals surface area contributed by atoms with Crippen molar-refractivity contribution in [3.63, 3.8) is 0 Å². The number of hydrogen-bond acceptors (Lipinski definition) is 5. The van der Waals surface area contributed by atoms with Gasteiger partial charge in [-0.3, -0.25) is 4.79 Å². The van der Waals surface area contributed by atoms with Crippen LogP contribution in [0.4, 0.5) is 0 Å². The van der Waals surface area contributed by atoms with Gasteiger partial charge in [0.2, 0.25) is 0 Å². The molecule has 3 rings (SSSR count). The quantitative estimate of drug-likeness (QED) is 0.925. The lowest BCUT2D eigenvalue weighted by molar-refractivity contribution is 0.0527. The van der Waals surface area contributed by atoms with Crippen LogP contribution >= 0.6 is 11.3 Å². The van der Waals surface area contributed by atoms with Crippen LogP contribution in [0.15, 0.2) is 29.6 Å². The Morgan fingerprint density at radius 1 is 1.42 bits per heavy atom. The molecular weight excluding hydrogens is 322 g/mol. The van der Waals surface area contributed by atoms with E-state index in [4.69, 9.17) is 10.5 Å². The van der Waals surface area contributed by atoms with Crippen molar-refractivity contribution in [2.45, 2.75) is 25.8 Å². The number of ether oxygens (including phenoxy) is 1. The van der Waals surface area contributed by atoms with E-state index >= 15 is 0 Å². The zero-order valence-corrected chi connectivity index (χ0v) is 14.9. The predicted octanol–water partition coefficient (Wildman–Crippen LogP) is 3.02. The van der Waals surface area contributed by atoms with Crippen LogP contribution in [-0.2, 0) is 0 Å². The third kappa shape index (κ3) is 3.30. The number of carbonyl (C=O) groups is 1. The smallest absolute Gasteiger partial charge is 0.273 e. The van der Waals surface area contributed by atoms with Crippen molar-refractivity contribution in [3.05, 3.63) is 35.3 Å². The van der Waals surface area contributed by atoms with Crippen molar-refractivity contribution < 1.29 is 9.53 Å². The summed E-state index contributed by atoms with van der Waals surface area (Å²) in [6.07, 6.45) is 2.15. The molecule has 2 N–H and O–H groups in total. The van der Waals surface area contributed by atoms with Gasteiger partial charge in [0.05, 0.1) is 7.11 Å². The molecule has 5 nitrogen and oxygen atoms in total. The normalized spacial score (nSPS) is 20.9. The molecule has 1 saturated heterocycles. The Labute approximate surface area is 146 Å². The van der Waals surface area contributed by atoms with Gasteiger partial charge < -0.3 is 15.4 Å². The van der Waals surface area contributed by atoms with E-state index in [9.17, 15) is 4.79 Å². The Morgan fingerprint density at radius 2 is 2.17 bits per heavy atom. The number of aromatic nitrogens is 1. The summed E-state index contributed by atoms with van der Waals surface area (Å²) < 4.78 is 5.17. The minimum Gasteiger partial charge on any atom is -0.497 e. The highest BCUT2D eigenvalue weighted by atomic mass is 32.1. The van der Waals surface area contributed by atoms with Gasteiger partial charge in [-0.25, -0.2) is 4.98 Å². The zero-order valence-electron chi connectivity index (χ0n) is 14.1. The highest BCUT2D eigenvalue weighted by molar-refractivity contribution is 7.13. The second-order valence-electron chi connectivity index (χ2n) is 6.19. The van der Waals surface area contributed by atoms with Gasteiger partial charge in [-0.2, -0.15) is 0 Å². The van der Waals surface area contributed by atoms with Gasteiger partial charge >= 0.3 is 0 Å². The van der Waals surface area contributed by atoms with Crippen molar-refractivity contribution in [1.82, 2.24) is 9.88 Å². The molecule has 1 aliphatic rings. The summed E-state index contributed by atoms with van der Waals surface area (Å²) in [5, 5.41) is 2.68. The Morgan fingerprint density at radius 3 is 2.83 bits per heavy atom. The van der Waals surface area contributed by atoms with Crippen LogP contribution in [0.5, 0.6) is 5.75 Å². The number of amides is 1. The molecule has 1 aliphatic heterocycles. The molecule has 2 atom stereocenters. The number of rotatable bonds is 4. The lowest BCUT2D eigenvalue weighted by Gasteiger charge is -2.39. The summed E-state index contributed by atoms with van der Waals surface area (Å²) in [5.41, 5.74) is 7.40. The third-order valence-electron chi connectivity index (χ3n) is 4.68. The molecule has 2 aromatic rings. The molecule has 6 heteroatoms. The molecular formula is C18H23N3O2S. The molecule has 0 aliphatic carbocycles. The molecule has 2 heterocycles. The summed E-state index contributed by atoms with van der Waals surface area (Å²) in [6, 6.07) is 7.82. The zero-order chi connectivity index (χ0) is 17.1. The van der Waals surface area contributed by atoms with Crippen molar-refractivity contribution in [3.8, 4) is 16.3 Å². The number of nitrogens with zero attached hydrogens (tertiary/aromatic N) is 2. The highest BCUT2D eigenvalue weighted by Crippen LogP contribution is 2.28. The van der Waals surface area contributed by atoms with Crippen molar-refractivity contribution in [2.24, 2.45) is 11.7 Å². The number of likely N-dealkylation sites (tertiary alicyclic amines) is 1. The average molecular weight is 345 g/mol. The number of nitrogens with two attached hydrogens (primary N) is 1. The van der Waals surface area contributed by atoms with Crippen LogP contribution in [0, 0.1) is 5.92 Å². The maximum Gasteiger partial charge on any atom is 0.273 e. The van der Waals surface area contributed by atoms with Crippen LogP contribution in [0.3, 0.4) is 0 Å². The summed E-state index contributed by atoms with van der Waals surface area (Å²) >= 11 is 1.49. The minimum atomic E-state index is -0.00647. The lowest BCUT2D eigenvalue weighted by Crippen LogP contribution is -2.51. The molecule has 0 radical (unpaired) electrons. The first kappa shape index (κ1) is 16.9. The van der Waals surface area contributed by atoms with E-state index in [1.807, 2.05) is 34.5 Å². The number of methoxy groups -OCH3 is 1. The van der Waals surface area contributed by atoms with Gasteiger partial charge in [0.1, 0.15) is 16.5 Å². The lowest BCUT2D eigenvalue weighted by atomic mass is 9.90. The van der Waals surface area contributed by atoms with Crippen LogP contribution in [0.1, 0.15) is 30.3 Å². The summed E-state index contributed by atoms with van der Waals surface area (Å²) in [7, 11) is 1.64. The monoisotopic (exact) mass is 345 g/mol. The minimum absolute atomic E-state index is 0.00647. The largest absolute Gasteiger partial charge is 0.497 e. The van der Waals surface area contributed by atoms with Gasteiger partial charge in [0.25, 0.3) is 5.91 Å². The van der Waals surface area contributed by atoms with Crippen molar-refractivity contribution >= 4 is 17.2 Å². The van der Waals surface area contributed by atoms with Crippen LogP contribution in [0.25, 0.3) is 10.6 Å². The standard InChI is InChI=1S/C18H23N3O2S/c1-12-4-3-9-21(16(12)10-19)18(22)15-11-24-17(20-15)13-5-7-14(23-2)8-6-13/h5-8,11-12,16H,3-4,9-10,19H2,1-2H3/t12-,16+/m1/s1. The number of benzene rings is 1. The first-order valence-electron chi connectivity index (χ1n) is 8.25. The summed E-state index contributed by atoms with van der Waals surface area (Å²) in [6.45, 7) is 3.43. The van der Waals surface area contributed by atoms with E-state index in [1.165, 1.54) is 11.3 Å². The first-order chi connectivity index (χ1) is 11.6. The van der Waals surface area contributed by atoms with Crippen molar-refractivity contribution in [1.29, 1.82) is 0 Å². The number of hydrogen-bond donors (Lipinski definition) is 1. The maximum atomic E-state index is 12.9. The number of piperidine rings is 1. The van der Waals surface area contributed by atoms with Crippen LogP contribution in [0.2, 0.25) is 0 Å². The van der Waals surface area contributed by atoms with Gasteiger partial charge in [0.15, 0.2) is 0 Å². The predicted molar refractivity (Wildman–Crippen MR) is 96.4 cm³/mol. The van der Waals surface area contributed by atoms with Gasteiger partial charge in [0, 0.05) is 30.1 Å². The van der Waals surface area contributed by atoms with Gasteiger partial charge in [-0.15, -0.1) is 11.3 Å². The molecule has 0 unspecified atom stereocenters. The summed E-state index contributed by atoms with van der Waals surface area (Å²) in [4.78, 5) is 19.3. The number of carbonyl (C=O) groups excluding carboxylic acids is 1. The van der Waals surface area contributed by atoms with Crippen LogP contribution in [-0.4, -0.2) is 42.0 Å². The van der Waals surface area contributed by atoms with E-state index in [0.717, 1.165) is 35.7 Å². The molecule has 1 aromatic heterocycles. The fourth-order valence-electron chi connectivity index (χ4n) is 3.25. The molecule has 24 heavy (non-hydrogen) atoms. The fourth-order valence-corrected chi connectivity index (χ4v) is 4.05. The molecule has 0 bridgehead atoms. The van der Waals surface area contributed by atoms with E-state index in [2.05, 4.69) is 11.9 Å².